The predicted octanol–water partition coefficient (Wildman–Crippen LogP) is 4.80. The minimum atomic E-state index is -0.516. The Morgan fingerprint density at radius 3 is 2.57 bits per heavy atom. The fourth-order valence-electron chi connectivity index (χ4n) is 2.81. The maximum absolute atomic E-state index is 12.2. The van der Waals surface area contributed by atoms with Gasteiger partial charge in [-0.2, -0.15) is 0 Å². The van der Waals surface area contributed by atoms with Crippen LogP contribution in [-0.2, 0) is 6.54 Å². The highest BCUT2D eigenvalue weighted by atomic mass is 32.1. The van der Waals surface area contributed by atoms with Crippen LogP contribution >= 0.6 is 11.3 Å². The first-order chi connectivity index (χ1) is 13.6. The molecule has 0 atom stereocenters. The summed E-state index contributed by atoms with van der Waals surface area (Å²) in [7, 11) is 0. The minimum absolute atomic E-state index is 0.104. The van der Waals surface area contributed by atoms with Crippen molar-refractivity contribution in [3.8, 4) is 10.6 Å². The van der Waals surface area contributed by atoms with Crippen LogP contribution in [0.5, 0.6) is 0 Å². The van der Waals surface area contributed by atoms with Gasteiger partial charge in [-0.05, 0) is 23.8 Å². The number of nitrogens with zero attached hydrogens (tertiary/aromatic N) is 2. The molecule has 1 aromatic heterocycles. The summed E-state index contributed by atoms with van der Waals surface area (Å²) >= 11 is 1.64. The third kappa shape index (κ3) is 3.74. The van der Waals surface area contributed by atoms with Crippen molar-refractivity contribution in [3.05, 3.63) is 94.0 Å². The van der Waals surface area contributed by atoms with Crippen LogP contribution in [-0.4, -0.2) is 15.8 Å². The van der Waals surface area contributed by atoms with Gasteiger partial charge in [0, 0.05) is 29.8 Å². The van der Waals surface area contributed by atoms with Gasteiger partial charge in [-0.15, -0.1) is 11.3 Å². The Bertz CT molecular complexity index is 1140. The molecule has 0 radical (unpaired) electrons. The monoisotopic (exact) mass is 389 g/mol. The van der Waals surface area contributed by atoms with E-state index in [0.29, 0.717) is 6.54 Å². The number of thiazole rings is 1. The van der Waals surface area contributed by atoms with E-state index in [1.807, 2.05) is 48.5 Å². The number of aromatic nitrogens is 1. The Morgan fingerprint density at radius 1 is 1.04 bits per heavy atom. The van der Waals surface area contributed by atoms with E-state index in [-0.39, 0.29) is 17.2 Å². The number of hydrogen-bond donors (Lipinski definition) is 1. The second-order valence-corrected chi connectivity index (χ2v) is 7.20. The number of rotatable bonds is 5. The van der Waals surface area contributed by atoms with Gasteiger partial charge in [0.2, 0.25) is 0 Å². The molecule has 0 spiro atoms. The quantitative estimate of drug-likeness (QED) is 0.392. The molecule has 0 saturated carbocycles. The molecule has 1 heterocycles. The normalized spacial score (nSPS) is 10.7. The maximum atomic E-state index is 12.2. The lowest BCUT2D eigenvalue weighted by Gasteiger charge is -2.06. The fourth-order valence-corrected chi connectivity index (χ4v) is 3.78. The number of benzene rings is 3. The van der Waals surface area contributed by atoms with Crippen molar-refractivity contribution in [2.75, 3.05) is 0 Å². The second-order valence-electron chi connectivity index (χ2n) is 6.17. The van der Waals surface area contributed by atoms with Crippen molar-refractivity contribution in [3.63, 3.8) is 0 Å². The molecule has 3 aromatic carbocycles. The van der Waals surface area contributed by atoms with Crippen molar-refractivity contribution in [1.29, 1.82) is 0 Å². The standard InChI is InChI=1S/C21H15N3O3S/c25-20(16-4-3-5-17(12-16)24(26)27)22-13-14-8-10-15(11-9-14)21-23-18-6-1-2-7-19(18)28-21/h1-12H,13H2,(H,22,25). The molecule has 0 aliphatic heterocycles. The lowest BCUT2D eigenvalue weighted by molar-refractivity contribution is -0.384. The van der Waals surface area contributed by atoms with Gasteiger partial charge in [0.05, 0.1) is 15.1 Å². The van der Waals surface area contributed by atoms with Gasteiger partial charge in [0.15, 0.2) is 0 Å². The fraction of sp³-hybridized carbons (Fsp3) is 0.0476. The van der Waals surface area contributed by atoms with E-state index in [4.69, 9.17) is 0 Å². The number of amides is 1. The third-order valence-electron chi connectivity index (χ3n) is 4.27. The summed E-state index contributed by atoms with van der Waals surface area (Å²) < 4.78 is 1.14. The highest BCUT2D eigenvalue weighted by molar-refractivity contribution is 7.21. The Labute approximate surface area is 164 Å². The van der Waals surface area contributed by atoms with Gasteiger partial charge in [-0.25, -0.2) is 4.98 Å². The number of para-hydroxylation sites is 1. The number of non-ortho nitro benzene ring substituents is 1. The minimum Gasteiger partial charge on any atom is -0.348 e. The van der Waals surface area contributed by atoms with Crippen LogP contribution < -0.4 is 5.32 Å². The zero-order chi connectivity index (χ0) is 19.5. The lowest BCUT2D eigenvalue weighted by atomic mass is 10.1. The zero-order valence-electron chi connectivity index (χ0n) is 14.7. The number of nitrogens with one attached hydrogen (secondary N) is 1. The number of nitro benzene ring substituents is 1. The predicted molar refractivity (Wildman–Crippen MR) is 109 cm³/mol. The van der Waals surface area contributed by atoms with Crippen LogP contribution in [0.4, 0.5) is 5.69 Å². The topological polar surface area (TPSA) is 85.1 Å². The van der Waals surface area contributed by atoms with E-state index in [2.05, 4.69) is 10.3 Å². The van der Waals surface area contributed by atoms with E-state index in [0.717, 1.165) is 26.4 Å². The van der Waals surface area contributed by atoms with E-state index < -0.39 is 4.92 Å². The summed E-state index contributed by atoms with van der Waals surface area (Å²) in [5, 5.41) is 14.6. The molecule has 0 unspecified atom stereocenters. The molecule has 0 saturated heterocycles. The van der Waals surface area contributed by atoms with Crippen molar-refractivity contribution in [2.24, 2.45) is 0 Å². The van der Waals surface area contributed by atoms with Gasteiger partial charge in [-0.3, -0.25) is 14.9 Å². The van der Waals surface area contributed by atoms with Crippen LogP contribution in [0.15, 0.2) is 72.8 Å². The molecular formula is C21H15N3O3S. The summed E-state index contributed by atoms with van der Waals surface area (Å²) in [6, 6.07) is 21.5. The highest BCUT2D eigenvalue weighted by Crippen LogP contribution is 2.30. The molecule has 28 heavy (non-hydrogen) atoms. The molecule has 4 aromatic rings. The van der Waals surface area contributed by atoms with E-state index in [1.54, 1.807) is 17.4 Å². The van der Waals surface area contributed by atoms with Gasteiger partial charge in [0.25, 0.3) is 11.6 Å². The van der Waals surface area contributed by atoms with Crippen molar-refractivity contribution in [1.82, 2.24) is 10.3 Å². The number of nitro groups is 1. The lowest BCUT2D eigenvalue weighted by Crippen LogP contribution is -2.22. The molecule has 0 fully saturated rings. The third-order valence-corrected chi connectivity index (χ3v) is 5.35. The Balaban J connectivity index is 1.44. The number of hydrogen-bond acceptors (Lipinski definition) is 5. The van der Waals surface area contributed by atoms with Gasteiger partial charge < -0.3 is 5.32 Å². The number of carbonyl (C=O) groups excluding carboxylic acids is 1. The summed E-state index contributed by atoms with van der Waals surface area (Å²) in [5.41, 5.74) is 3.10. The summed E-state index contributed by atoms with van der Waals surface area (Å²) in [5.74, 6) is -0.348. The smallest absolute Gasteiger partial charge is 0.270 e. The Kier molecular flexibility index (Phi) is 4.82. The van der Waals surface area contributed by atoms with E-state index >= 15 is 0 Å². The first-order valence-electron chi connectivity index (χ1n) is 8.58. The zero-order valence-corrected chi connectivity index (χ0v) is 15.5. The van der Waals surface area contributed by atoms with E-state index in [1.165, 1.54) is 18.2 Å². The van der Waals surface area contributed by atoms with Gasteiger partial charge in [-0.1, -0.05) is 42.5 Å². The average molecular weight is 389 g/mol. The first-order valence-corrected chi connectivity index (χ1v) is 9.39. The van der Waals surface area contributed by atoms with Crippen molar-refractivity contribution >= 4 is 33.1 Å². The SMILES string of the molecule is O=C(NCc1ccc(-c2nc3ccccc3s2)cc1)c1cccc([N+](=O)[O-])c1. The molecule has 0 aliphatic rings. The molecule has 0 aliphatic carbocycles. The van der Waals surface area contributed by atoms with Crippen LogP contribution in [0.1, 0.15) is 15.9 Å². The molecule has 1 amide bonds. The van der Waals surface area contributed by atoms with Crippen LogP contribution in [0.25, 0.3) is 20.8 Å². The molecule has 138 valence electrons. The number of carbonyl (C=O) groups is 1. The maximum Gasteiger partial charge on any atom is 0.270 e. The number of fused-ring (bicyclic) bond motifs is 1. The van der Waals surface area contributed by atoms with Gasteiger partial charge in [0.1, 0.15) is 5.01 Å². The molecule has 1 N–H and O–H groups in total. The molecule has 4 rings (SSSR count). The highest BCUT2D eigenvalue weighted by Gasteiger charge is 2.11. The van der Waals surface area contributed by atoms with Crippen LogP contribution in [0, 0.1) is 10.1 Å². The molecular weight excluding hydrogens is 374 g/mol. The van der Waals surface area contributed by atoms with Crippen LogP contribution in [0.3, 0.4) is 0 Å². The molecule has 7 heteroatoms. The average Bonchev–Trinajstić information content (AvgIpc) is 3.16. The van der Waals surface area contributed by atoms with Crippen molar-refractivity contribution in [2.45, 2.75) is 6.54 Å². The van der Waals surface area contributed by atoms with Crippen LogP contribution in [0.2, 0.25) is 0 Å². The van der Waals surface area contributed by atoms with Gasteiger partial charge >= 0.3 is 0 Å². The molecule has 6 nitrogen and oxygen atoms in total. The van der Waals surface area contributed by atoms with Crippen molar-refractivity contribution < 1.29 is 9.72 Å². The second kappa shape index (κ2) is 7.58. The largest absolute Gasteiger partial charge is 0.348 e. The summed E-state index contributed by atoms with van der Waals surface area (Å²) in [6.45, 7) is 0.335. The summed E-state index contributed by atoms with van der Waals surface area (Å²) in [4.78, 5) is 27.2. The Morgan fingerprint density at radius 2 is 1.82 bits per heavy atom. The summed E-state index contributed by atoms with van der Waals surface area (Å²) in [6.07, 6.45) is 0. The Hall–Kier alpha value is -3.58. The van der Waals surface area contributed by atoms with E-state index in [9.17, 15) is 14.9 Å². The molecule has 0 bridgehead atoms. The first kappa shape index (κ1) is 17.8.